The Kier molecular flexibility index (Phi) is 2.35. The fraction of sp³-hybridized carbons (Fsp3) is 0.222. The van der Waals surface area contributed by atoms with E-state index in [1.165, 1.54) is 0 Å². The molecule has 12 heavy (non-hydrogen) atoms. The van der Waals surface area contributed by atoms with Crippen molar-refractivity contribution in [3.8, 4) is 0 Å². The van der Waals surface area contributed by atoms with Gasteiger partial charge in [0.1, 0.15) is 7.14 Å². The van der Waals surface area contributed by atoms with E-state index >= 15 is 0 Å². The smallest absolute Gasteiger partial charge is 0.187 e. The molecule has 0 amide bonds. The lowest BCUT2D eigenvalue weighted by atomic mass is 10.3. The van der Waals surface area contributed by atoms with Gasteiger partial charge in [0, 0.05) is 5.30 Å². The maximum absolute atomic E-state index is 11.6. The Morgan fingerprint density at radius 1 is 1.42 bits per heavy atom. The topological polar surface area (TPSA) is 21.4 Å². The van der Waals surface area contributed by atoms with Crippen molar-refractivity contribution >= 4 is 18.1 Å². The first-order valence-corrected chi connectivity index (χ1v) is 6.17. The summed E-state index contributed by atoms with van der Waals surface area (Å²) in [4.78, 5) is 3.27. The highest BCUT2D eigenvalue weighted by molar-refractivity contribution is 7.70. The third-order valence-corrected chi connectivity index (χ3v) is 3.10. The van der Waals surface area contributed by atoms with Crippen LogP contribution in [0.5, 0.6) is 0 Å². The van der Waals surface area contributed by atoms with Gasteiger partial charge in [-0.05, 0) is 19.4 Å². The van der Waals surface area contributed by atoms with Crippen molar-refractivity contribution < 1.29 is 4.57 Å². The summed E-state index contributed by atoms with van der Waals surface area (Å²) >= 11 is 0. The minimum atomic E-state index is -2.20. The van der Waals surface area contributed by atoms with E-state index in [1.807, 2.05) is 0 Å². The molecule has 0 atom stereocenters. The first-order chi connectivity index (χ1) is 5.54. The summed E-state index contributed by atoms with van der Waals surface area (Å²) in [5.74, 6) is 0. The molecule has 0 aliphatic carbocycles. The van der Waals surface area contributed by atoms with Crippen LogP contribution in [0.25, 0.3) is 4.85 Å². The molecule has 0 aliphatic rings. The molecule has 0 spiro atoms. The van der Waals surface area contributed by atoms with Crippen LogP contribution in [0.1, 0.15) is 0 Å². The van der Waals surface area contributed by atoms with E-state index in [9.17, 15) is 4.57 Å². The third kappa shape index (κ3) is 1.96. The zero-order valence-corrected chi connectivity index (χ0v) is 8.01. The molecule has 62 valence electrons. The molecular weight excluding hydrogens is 169 g/mol. The van der Waals surface area contributed by atoms with E-state index in [4.69, 9.17) is 6.57 Å². The van der Waals surface area contributed by atoms with Crippen LogP contribution in [0.3, 0.4) is 0 Å². The van der Waals surface area contributed by atoms with Gasteiger partial charge in [0.25, 0.3) is 0 Å². The molecule has 0 radical (unpaired) electrons. The molecule has 0 bridgehead atoms. The van der Waals surface area contributed by atoms with Crippen LogP contribution in [0.2, 0.25) is 0 Å². The van der Waals surface area contributed by atoms with Crippen LogP contribution in [0.4, 0.5) is 5.69 Å². The molecule has 0 N–H and O–H groups in total. The molecule has 3 heteroatoms. The van der Waals surface area contributed by atoms with Gasteiger partial charge in [0.2, 0.25) is 0 Å². The van der Waals surface area contributed by atoms with Crippen molar-refractivity contribution in [1.29, 1.82) is 0 Å². The Morgan fingerprint density at radius 3 is 2.58 bits per heavy atom. The summed E-state index contributed by atoms with van der Waals surface area (Å²) in [6.07, 6.45) is 0. The third-order valence-electron chi connectivity index (χ3n) is 1.58. The maximum atomic E-state index is 11.6. The van der Waals surface area contributed by atoms with Crippen molar-refractivity contribution in [3.05, 3.63) is 35.7 Å². The minimum Gasteiger partial charge on any atom is -0.319 e. The van der Waals surface area contributed by atoms with Gasteiger partial charge in [-0.2, -0.15) is 0 Å². The van der Waals surface area contributed by atoms with Gasteiger partial charge in [-0.1, -0.05) is 18.2 Å². The number of rotatable bonds is 1. The molecule has 0 saturated heterocycles. The number of benzene rings is 1. The fourth-order valence-corrected chi connectivity index (χ4v) is 1.79. The van der Waals surface area contributed by atoms with Crippen molar-refractivity contribution in [2.24, 2.45) is 0 Å². The highest BCUT2D eigenvalue weighted by atomic mass is 31.2. The lowest BCUT2D eigenvalue weighted by molar-refractivity contribution is 0.588. The first-order valence-electron chi connectivity index (χ1n) is 3.57. The molecule has 0 fully saturated rings. The van der Waals surface area contributed by atoms with Gasteiger partial charge in [0.05, 0.1) is 6.57 Å². The van der Waals surface area contributed by atoms with Gasteiger partial charge in [-0.25, -0.2) is 4.85 Å². The fourth-order valence-electron chi connectivity index (χ4n) is 0.898. The number of hydrogen-bond acceptors (Lipinski definition) is 1. The molecule has 0 aromatic heterocycles. The van der Waals surface area contributed by atoms with Crippen molar-refractivity contribution in [2.75, 3.05) is 13.3 Å². The van der Waals surface area contributed by atoms with E-state index in [0.29, 0.717) is 5.69 Å². The highest BCUT2D eigenvalue weighted by Crippen LogP contribution is 2.35. The highest BCUT2D eigenvalue weighted by Gasteiger charge is 2.10. The Hall–Kier alpha value is -1.06. The van der Waals surface area contributed by atoms with Gasteiger partial charge >= 0.3 is 0 Å². The van der Waals surface area contributed by atoms with Crippen molar-refractivity contribution in [3.63, 3.8) is 0 Å². The Morgan fingerprint density at radius 2 is 2.08 bits per heavy atom. The van der Waals surface area contributed by atoms with Crippen molar-refractivity contribution in [2.45, 2.75) is 0 Å². The van der Waals surface area contributed by atoms with Gasteiger partial charge in [-0.15, -0.1) is 0 Å². The van der Waals surface area contributed by atoms with Crippen molar-refractivity contribution in [1.82, 2.24) is 0 Å². The largest absolute Gasteiger partial charge is 0.319 e. The molecule has 0 unspecified atom stereocenters. The molecular formula is C9H10NOP. The van der Waals surface area contributed by atoms with Crippen LogP contribution in [-0.2, 0) is 4.57 Å². The molecule has 1 aromatic carbocycles. The predicted molar refractivity (Wildman–Crippen MR) is 51.8 cm³/mol. The number of hydrogen-bond donors (Lipinski definition) is 0. The summed E-state index contributed by atoms with van der Waals surface area (Å²) in [7, 11) is -2.20. The van der Waals surface area contributed by atoms with Gasteiger partial charge < -0.3 is 4.57 Å². The predicted octanol–water partition coefficient (Wildman–Crippen LogP) is 2.49. The van der Waals surface area contributed by atoms with E-state index < -0.39 is 7.14 Å². The van der Waals surface area contributed by atoms with E-state index in [-0.39, 0.29) is 0 Å². The molecule has 1 rings (SSSR count). The van der Waals surface area contributed by atoms with Crippen LogP contribution >= 0.6 is 7.14 Å². The molecule has 0 heterocycles. The van der Waals surface area contributed by atoms with Crippen LogP contribution in [0.15, 0.2) is 24.3 Å². The summed E-state index contributed by atoms with van der Waals surface area (Å²) < 4.78 is 11.6. The Balaban J connectivity index is 3.22. The zero-order chi connectivity index (χ0) is 9.19. The van der Waals surface area contributed by atoms with E-state index in [0.717, 1.165) is 5.30 Å². The molecule has 1 aromatic rings. The monoisotopic (exact) mass is 179 g/mol. The van der Waals surface area contributed by atoms with Crippen LogP contribution in [0, 0.1) is 6.57 Å². The quantitative estimate of drug-likeness (QED) is 0.479. The molecule has 0 saturated carbocycles. The zero-order valence-electron chi connectivity index (χ0n) is 7.11. The second-order valence-corrected chi connectivity index (χ2v) is 6.20. The minimum absolute atomic E-state index is 0.552. The average Bonchev–Trinajstić information content (AvgIpc) is 2.03. The standard InChI is InChI=1S/C9H10NOP/c1-10-8-5-4-6-9(7-8)12(2,3)11/h4-7H,2-3H3. The maximum Gasteiger partial charge on any atom is 0.187 e. The summed E-state index contributed by atoms with van der Waals surface area (Å²) in [6, 6.07) is 6.97. The van der Waals surface area contributed by atoms with Gasteiger partial charge in [-0.3, -0.25) is 0 Å². The lowest BCUT2D eigenvalue weighted by Gasteiger charge is -2.05. The number of nitrogens with zero attached hydrogens (tertiary/aromatic N) is 1. The molecule has 2 nitrogen and oxygen atoms in total. The summed E-state index contributed by atoms with van der Waals surface area (Å²) in [5, 5.41) is 0.774. The SMILES string of the molecule is [C-]#[N+]c1cccc(P(C)(C)=O)c1. The Bertz CT molecular complexity index is 372. The normalized spacial score (nSPS) is 10.8. The first kappa shape index (κ1) is 9.03. The molecule has 0 aliphatic heterocycles. The van der Waals surface area contributed by atoms with Crippen LogP contribution < -0.4 is 5.30 Å². The Labute approximate surface area is 72.4 Å². The lowest BCUT2D eigenvalue weighted by Crippen LogP contribution is -2.00. The summed E-state index contributed by atoms with van der Waals surface area (Å²) in [5.41, 5.74) is 0.552. The summed E-state index contributed by atoms with van der Waals surface area (Å²) in [6.45, 7) is 10.2. The van der Waals surface area contributed by atoms with Gasteiger partial charge in [0.15, 0.2) is 5.69 Å². The second-order valence-electron chi connectivity index (χ2n) is 2.98. The second kappa shape index (κ2) is 3.13. The van der Waals surface area contributed by atoms with Crippen LogP contribution in [-0.4, -0.2) is 13.3 Å². The average molecular weight is 179 g/mol. The van der Waals surface area contributed by atoms with E-state index in [2.05, 4.69) is 4.85 Å². The van der Waals surface area contributed by atoms with E-state index in [1.54, 1.807) is 37.6 Å².